The first-order chi connectivity index (χ1) is 21.0. The highest BCUT2D eigenvalue weighted by Crippen LogP contribution is 2.51. The summed E-state index contributed by atoms with van der Waals surface area (Å²) >= 11 is 3.28. The number of nitrogens with zero attached hydrogens (tertiary/aromatic N) is 1. The molecular weight excluding hydrogens is 575 g/mol. The number of aryl methyl sites for hydroxylation is 1. The molecule has 4 heterocycles. The van der Waals surface area contributed by atoms with Crippen LogP contribution in [0.1, 0.15) is 54.9 Å². The molecule has 0 fully saturated rings. The molecule has 0 saturated heterocycles. The zero-order valence-electron chi connectivity index (χ0n) is 24.6. The van der Waals surface area contributed by atoms with Gasteiger partial charge < -0.3 is 13.7 Å². The summed E-state index contributed by atoms with van der Waals surface area (Å²) in [6.45, 7) is 8.22. The minimum Gasteiger partial charge on any atom is -0.422 e. The molecule has 43 heavy (non-hydrogen) atoms. The van der Waals surface area contributed by atoms with Crippen LogP contribution in [0.4, 0.5) is 5.69 Å². The van der Waals surface area contributed by atoms with Crippen LogP contribution in [0.5, 0.6) is 0 Å². The fraction of sp³-hybridized carbons (Fsp3) is 0.278. The van der Waals surface area contributed by atoms with E-state index in [0.717, 1.165) is 75.8 Å². The molecule has 218 valence electrons. The number of anilines is 1. The lowest BCUT2D eigenvalue weighted by Gasteiger charge is -2.21. The van der Waals surface area contributed by atoms with Gasteiger partial charge in [0.25, 0.3) is 0 Å². The van der Waals surface area contributed by atoms with Crippen molar-refractivity contribution in [2.75, 3.05) is 18.0 Å². The highest BCUT2D eigenvalue weighted by Gasteiger charge is 2.30. The molecule has 3 aromatic carbocycles. The van der Waals surface area contributed by atoms with Crippen LogP contribution in [0.2, 0.25) is 0 Å². The fourth-order valence-electron chi connectivity index (χ4n) is 6.21. The van der Waals surface area contributed by atoms with E-state index in [-0.39, 0.29) is 16.5 Å². The number of hydrogen-bond acceptors (Lipinski definition) is 7. The maximum atomic E-state index is 13.3. The number of hydrogen-bond donors (Lipinski definition) is 0. The Balaban J connectivity index is 1.17. The van der Waals surface area contributed by atoms with E-state index in [4.69, 9.17) is 8.83 Å². The van der Waals surface area contributed by atoms with Crippen molar-refractivity contribution in [3.05, 3.63) is 104 Å². The largest absolute Gasteiger partial charge is 0.422 e. The van der Waals surface area contributed by atoms with Crippen LogP contribution in [0.15, 0.2) is 90.0 Å². The van der Waals surface area contributed by atoms with Gasteiger partial charge in [-0.2, -0.15) is 0 Å². The third-order valence-corrected chi connectivity index (χ3v) is 11.2. The molecule has 0 spiro atoms. The van der Waals surface area contributed by atoms with E-state index in [1.165, 1.54) is 10.4 Å². The Labute approximate surface area is 258 Å². The number of rotatable bonds is 8. The molecule has 5 nitrogen and oxygen atoms in total. The minimum absolute atomic E-state index is 0.0142. The summed E-state index contributed by atoms with van der Waals surface area (Å²) in [6, 6.07) is 22.6. The topological polar surface area (TPSA) is 63.7 Å². The lowest BCUT2D eigenvalue weighted by Crippen LogP contribution is -2.21. The Hall–Kier alpha value is -3.81. The molecule has 0 radical (unpaired) electrons. The van der Waals surface area contributed by atoms with E-state index in [1.807, 2.05) is 30.3 Å². The van der Waals surface area contributed by atoms with Crippen molar-refractivity contribution >= 4 is 61.5 Å². The summed E-state index contributed by atoms with van der Waals surface area (Å²) in [5.74, 6) is 0. The fourth-order valence-corrected chi connectivity index (χ4v) is 9.01. The molecule has 0 bridgehead atoms. The zero-order chi connectivity index (χ0) is 29.7. The van der Waals surface area contributed by atoms with Crippen LogP contribution in [0, 0.1) is 0 Å². The van der Waals surface area contributed by atoms with Gasteiger partial charge in [0.1, 0.15) is 11.2 Å². The summed E-state index contributed by atoms with van der Waals surface area (Å²) in [5, 5.41) is 3.98. The standard InChI is InChI=1S/C36H33NO4S2/c1-4-7-9-21-10-8-11-26-25(21)15-13-23-17-28(36(39)41-34(23)26)31-20-33-32(43-31)19-30(42-33)27-16-22-12-14-24(37(5-2)6-3)18-29(22)40-35(27)38/h8,10-18,20,30H,4-7,9,19H2,1-3H3. The number of thioether (sulfide) groups is 1. The smallest absolute Gasteiger partial charge is 0.345 e. The predicted octanol–water partition coefficient (Wildman–Crippen LogP) is 9.36. The number of thiophene rings is 1. The molecule has 6 aromatic rings. The lowest BCUT2D eigenvalue weighted by molar-refractivity contribution is 0.549. The van der Waals surface area contributed by atoms with Crippen LogP contribution in [-0.2, 0) is 12.8 Å². The van der Waals surface area contributed by atoms with Crippen LogP contribution in [0.3, 0.4) is 0 Å². The van der Waals surface area contributed by atoms with Gasteiger partial charge in [0.05, 0.1) is 11.1 Å². The van der Waals surface area contributed by atoms with Crippen LogP contribution in [-0.4, -0.2) is 13.1 Å². The third kappa shape index (κ3) is 4.98. The SMILES string of the molecule is CCCCc1cccc2c1ccc1cc(-c3cc4c(s3)CC(c3cc5ccc(N(CC)CC)cc5oc3=O)S4)c(=O)oc12. The molecule has 1 aliphatic rings. The van der Waals surface area contributed by atoms with Crippen molar-refractivity contribution in [1.29, 1.82) is 0 Å². The number of fused-ring (bicyclic) bond motifs is 5. The molecule has 0 amide bonds. The van der Waals surface area contributed by atoms with Gasteiger partial charge in [0.2, 0.25) is 0 Å². The van der Waals surface area contributed by atoms with Crippen molar-refractivity contribution in [2.45, 2.75) is 56.6 Å². The van der Waals surface area contributed by atoms with E-state index in [1.54, 1.807) is 23.1 Å². The van der Waals surface area contributed by atoms with Crippen molar-refractivity contribution in [3.8, 4) is 10.4 Å². The highest BCUT2D eigenvalue weighted by atomic mass is 32.2. The minimum atomic E-state index is -0.320. The number of unbranched alkanes of at least 4 members (excludes halogenated alkanes) is 1. The van der Waals surface area contributed by atoms with Crippen molar-refractivity contribution in [3.63, 3.8) is 0 Å². The van der Waals surface area contributed by atoms with Gasteiger partial charge in [0.15, 0.2) is 0 Å². The zero-order valence-corrected chi connectivity index (χ0v) is 26.2. The Morgan fingerprint density at radius 3 is 2.49 bits per heavy atom. The molecule has 7 rings (SSSR count). The molecule has 0 N–H and O–H groups in total. The van der Waals surface area contributed by atoms with E-state index >= 15 is 0 Å². The molecule has 1 atom stereocenters. The Morgan fingerprint density at radius 1 is 0.860 bits per heavy atom. The lowest BCUT2D eigenvalue weighted by atomic mass is 9.98. The Kier molecular flexibility index (Phi) is 7.39. The summed E-state index contributed by atoms with van der Waals surface area (Å²) in [7, 11) is 0. The first-order valence-corrected chi connectivity index (χ1v) is 16.8. The van der Waals surface area contributed by atoms with Crippen LogP contribution >= 0.6 is 23.1 Å². The molecule has 1 unspecified atom stereocenters. The average Bonchev–Trinajstić information content (AvgIpc) is 3.59. The van der Waals surface area contributed by atoms with Gasteiger partial charge in [-0.15, -0.1) is 23.1 Å². The first kappa shape index (κ1) is 28.0. The maximum absolute atomic E-state index is 13.3. The quantitative estimate of drug-likeness (QED) is 0.127. The van der Waals surface area contributed by atoms with Gasteiger partial charge >= 0.3 is 11.3 Å². The van der Waals surface area contributed by atoms with Crippen molar-refractivity contribution in [2.24, 2.45) is 0 Å². The van der Waals surface area contributed by atoms with E-state index in [9.17, 15) is 9.59 Å². The third-order valence-electron chi connectivity index (χ3n) is 8.54. The summed E-state index contributed by atoms with van der Waals surface area (Å²) in [4.78, 5) is 31.8. The molecule has 0 aliphatic carbocycles. The summed E-state index contributed by atoms with van der Waals surface area (Å²) < 4.78 is 11.8. The second-order valence-electron chi connectivity index (χ2n) is 11.1. The van der Waals surface area contributed by atoms with Crippen molar-refractivity contribution in [1.82, 2.24) is 0 Å². The summed E-state index contributed by atoms with van der Waals surface area (Å²) in [5.41, 5.74) is 4.28. The van der Waals surface area contributed by atoms with E-state index in [0.29, 0.717) is 22.3 Å². The van der Waals surface area contributed by atoms with E-state index < -0.39 is 0 Å². The first-order valence-electron chi connectivity index (χ1n) is 15.1. The van der Waals surface area contributed by atoms with Gasteiger partial charge in [0, 0.05) is 60.9 Å². The molecule has 0 saturated carbocycles. The maximum Gasteiger partial charge on any atom is 0.345 e. The van der Waals surface area contributed by atoms with Gasteiger partial charge in [-0.05, 0) is 74.4 Å². The monoisotopic (exact) mass is 607 g/mol. The van der Waals surface area contributed by atoms with Crippen LogP contribution in [0.25, 0.3) is 43.2 Å². The predicted molar refractivity (Wildman–Crippen MR) is 180 cm³/mol. The normalized spacial score (nSPS) is 14.6. The van der Waals surface area contributed by atoms with Crippen LogP contribution < -0.4 is 16.2 Å². The Morgan fingerprint density at radius 2 is 1.70 bits per heavy atom. The highest BCUT2D eigenvalue weighted by molar-refractivity contribution is 8.00. The molecule has 1 aliphatic heterocycles. The molecule has 7 heteroatoms. The molecular formula is C36H33NO4S2. The number of benzene rings is 3. The average molecular weight is 608 g/mol. The van der Waals surface area contributed by atoms with Crippen molar-refractivity contribution < 1.29 is 8.83 Å². The van der Waals surface area contributed by atoms with E-state index in [2.05, 4.69) is 62.1 Å². The summed E-state index contributed by atoms with van der Waals surface area (Å²) in [6.07, 6.45) is 4.01. The second kappa shape index (κ2) is 11.4. The van der Waals surface area contributed by atoms with Gasteiger partial charge in [-0.3, -0.25) is 0 Å². The van der Waals surface area contributed by atoms with Gasteiger partial charge in [-0.25, -0.2) is 9.59 Å². The Bertz CT molecular complexity index is 2100. The second-order valence-corrected chi connectivity index (χ2v) is 13.5. The van der Waals surface area contributed by atoms with Gasteiger partial charge in [-0.1, -0.05) is 43.7 Å². The molecule has 3 aromatic heterocycles.